The Morgan fingerprint density at radius 2 is 2.27 bits per heavy atom. The van der Waals surface area contributed by atoms with Crippen LogP contribution < -0.4 is 5.32 Å². The minimum absolute atomic E-state index is 0.309. The largest absolute Gasteiger partial charge is 0.463 e. The number of thiophene rings is 1. The Kier molecular flexibility index (Phi) is 3.97. The number of carbonyl (C=O) groups excluding carboxylic acids is 2. The molecule has 0 saturated heterocycles. The zero-order valence-corrected chi connectivity index (χ0v) is 12.7. The lowest BCUT2D eigenvalue weighted by Gasteiger charge is -2.06. The maximum absolute atomic E-state index is 12.0. The predicted octanol–water partition coefficient (Wildman–Crippen LogP) is 2.31. The molecule has 0 radical (unpaired) electrons. The van der Waals surface area contributed by atoms with Crippen LogP contribution in [-0.4, -0.2) is 23.1 Å². The van der Waals surface area contributed by atoms with E-state index in [1.807, 2.05) is 17.5 Å². The molecule has 0 unspecified atom stereocenters. The molecule has 114 valence electrons. The molecule has 22 heavy (non-hydrogen) atoms. The summed E-state index contributed by atoms with van der Waals surface area (Å²) in [6, 6.07) is 7.20. The molecule has 0 fully saturated rings. The Bertz CT molecular complexity index is 801. The van der Waals surface area contributed by atoms with E-state index in [9.17, 15) is 9.59 Å². The van der Waals surface area contributed by atoms with Crippen LogP contribution in [0.2, 0.25) is 0 Å². The highest BCUT2D eigenvalue weighted by molar-refractivity contribution is 7.09. The van der Waals surface area contributed by atoms with Gasteiger partial charge in [0.15, 0.2) is 12.2 Å². The van der Waals surface area contributed by atoms with Crippen molar-refractivity contribution in [1.82, 2.24) is 9.88 Å². The van der Waals surface area contributed by atoms with E-state index in [1.165, 1.54) is 0 Å². The number of nitrogens with zero attached hydrogens (tertiary/aromatic N) is 1. The third-order valence-corrected chi connectivity index (χ3v) is 4.12. The second kappa shape index (κ2) is 6.07. The van der Waals surface area contributed by atoms with Crippen LogP contribution in [0.4, 0.5) is 0 Å². The van der Waals surface area contributed by atoms with Crippen LogP contribution in [0.5, 0.6) is 0 Å². The van der Waals surface area contributed by atoms with Gasteiger partial charge in [-0.3, -0.25) is 4.79 Å². The van der Waals surface area contributed by atoms with Gasteiger partial charge in [-0.25, -0.2) is 4.79 Å². The molecule has 0 aliphatic carbocycles. The van der Waals surface area contributed by atoms with Gasteiger partial charge >= 0.3 is 5.97 Å². The van der Waals surface area contributed by atoms with E-state index in [0.29, 0.717) is 17.8 Å². The molecule has 6 nitrogen and oxygen atoms in total. The fourth-order valence-corrected chi connectivity index (χ4v) is 2.75. The molecule has 0 bridgehead atoms. The summed E-state index contributed by atoms with van der Waals surface area (Å²) in [6.45, 7) is 0.127. The van der Waals surface area contributed by atoms with Crippen LogP contribution in [0.3, 0.4) is 0 Å². The van der Waals surface area contributed by atoms with Crippen molar-refractivity contribution in [3.63, 3.8) is 0 Å². The van der Waals surface area contributed by atoms with E-state index < -0.39 is 5.97 Å². The second-order valence-corrected chi connectivity index (χ2v) is 5.72. The number of amides is 1. The van der Waals surface area contributed by atoms with Gasteiger partial charge in [-0.2, -0.15) is 0 Å². The van der Waals surface area contributed by atoms with Crippen LogP contribution in [0, 0.1) is 0 Å². The van der Waals surface area contributed by atoms with Crippen LogP contribution in [0.1, 0.15) is 15.4 Å². The molecule has 0 aliphatic heterocycles. The topological polar surface area (TPSA) is 73.5 Å². The van der Waals surface area contributed by atoms with Gasteiger partial charge in [0.2, 0.25) is 0 Å². The van der Waals surface area contributed by atoms with Crippen LogP contribution in [0.15, 0.2) is 40.3 Å². The molecule has 3 aromatic heterocycles. The number of esters is 1. The first-order valence-electron chi connectivity index (χ1n) is 6.64. The number of fused-ring (bicyclic) bond motifs is 1. The van der Waals surface area contributed by atoms with Gasteiger partial charge in [-0.1, -0.05) is 6.07 Å². The van der Waals surface area contributed by atoms with Gasteiger partial charge in [0.25, 0.3) is 5.91 Å². The van der Waals surface area contributed by atoms with Crippen molar-refractivity contribution >= 4 is 34.3 Å². The Labute approximate surface area is 130 Å². The number of hydrogen-bond donors (Lipinski definition) is 1. The fraction of sp³-hybridized carbons (Fsp3) is 0.200. The number of aryl methyl sites for hydroxylation is 1. The summed E-state index contributed by atoms with van der Waals surface area (Å²) in [5.74, 6) is -0.889. The van der Waals surface area contributed by atoms with Crippen molar-refractivity contribution < 1.29 is 18.7 Å². The average Bonchev–Trinajstić information content (AvgIpc) is 3.22. The molecular weight excluding hydrogens is 304 g/mol. The number of hydrogen-bond acceptors (Lipinski definition) is 5. The van der Waals surface area contributed by atoms with E-state index in [0.717, 1.165) is 10.4 Å². The summed E-state index contributed by atoms with van der Waals surface area (Å²) in [7, 11) is 1.74. The molecule has 0 aliphatic rings. The maximum Gasteiger partial charge on any atom is 0.355 e. The van der Waals surface area contributed by atoms with Crippen molar-refractivity contribution in [3.05, 3.63) is 46.5 Å². The van der Waals surface area contributed by atoms with Crippen LogP contribution in [-0.2, 0) is 23.1 Å². The average molecular weight is 318 g/mol. The minimum atomic E-state index is -0.555. The van der Waals surface area contributed by atoms with Crippen molar-refractivity contribution in [2.75, 3.05) is 6.61 Å². The summed E-state index contributed by atoms with van der Waals surface area (Å²) in [5, 5.41) is 4.63. The molecule has 7 heteroatoms. The number of carbonyl (C=O) groups is 2. The van der Waals surface area contributed by atoms with Gasteiger partial charge < -0.3 is 19.0 Å². The smallest absolute Gasteiger partial charge is 0.355 e. The van der Waals surface area contributed by atoms with Gasteiger partial charge in [0, 0.05) is 24.1 Å². The van der Waals surface area contributed by atoms with E-state index in [-0.39, 0.29) is 12.5 Å². The molecular formula is C15H14N2O4S. The highest BCUT2D eigenvalue weighted by atomic mass is 32.1. The number of ether oxygens (including phenoxy) is 1. The number of aromatic nitrogens is 1. The standard InChI is InChI=1S/C15H14N2O4S/c1-17-11-4-5-20-13(11)7-12(17)15(19)21-9-14(18)16-8-10-3-2-6-22-10/h2-7H,8-9H2,1H3,(H,16,18). The Morgan fingerprint density at radius 1 is 1.41 bits per heavy atom. The summed E-state index contributed by atoms with van der Waals surface area (Å²) < 4.78 is 11.9. The van der Waals surface area contributed by atoms with Crippen molar-refractivity contribution in [1.29, 1.82) is 0 Å². The highest BCUT2D eigenvalue weighted by Gasteiger charge is 2.17. The Balaban J connectivity index is 1.54. The van der Waals surface area contributed by atoms with Gasteiger partial charge in [0.1, 0.15) is 5.69 Å². The number of furan rings is 1. The Morgan fingerprint density at radius 3 is 3.00 bits per heavy atom. The zero-order valence-electron chi connectivity index (χ0n) is 11.9. The normalized spacial score (nSPS) is 10.8. The number of rotatable bonds is 5. The molecule has 3 heterocycles. The van der Waals surface area contributed by atoms with Gasteiger partial charge in [-0.15, -0.1) is 11.3 Å². The van der Waals surface area contributed by atoms with E-state index >= 15 is 0 Å². The van der Waals surface area contributed by atoms with Crippen molar-refractivity contribution in [2.45, 2.75) is 6.54 Å². The van der Waals surface area contributed by atoms with Gasteiger partial charge in [-0.05, 0) is 11.4 Å². The molecule has 0 spiro atoms. The van der Waals surface area contributed by atoms with Crippen molar-refractivity contribution in [3.8, 4) is 0 Å². The predicted molar refractivity (Wildman–Crippen MR) is 81.6 cm³/mol. The van der Waals surface area contributed by atoms with Crippen molar-refractivity contribution in [2.24, 2.45) is 7.05 Å². The first-order chi connectivity index (χ1) is 10.6. The van der Waals surface area contributed by atoms with E-state index in [2.05, 4.69) is 5.32 Å². The summed E-state index contributed by atoms with van der Waals surface area (Å²) >= 11 is 1.56. The van der Waals surface area contributed by atoms with Crippen LogP contribution in [0.25, 0.3) is 11.1 Å². The maximum atomic E-state index is 12.0. The molecule has 1 amide bonds. The monoisotopic (exact) mass is 318 g/mol. The molecule has 3 rings (SSSR count). The molecule has 3 aromatic rings. The SMILES string of the molecule is Cn1c(C(=O)OCC(=O)NCc2cccs2)cc2occc21. The van der Waals surface area contributed by atoms with Crippen LogP contribution >= 0.6 is 11.3 Å². The second-order valence-electron chi connectivity index (χ2n) is 4.69. The molecule has 0 aromatic carbocycles. The molecule has 0 atom stereocenters. The third-order valence-electron chi connectivity index (χ3n) is 3.25. The lowest BCUT2D eigenvalue weighted by atomic mass is 10.4. The first kappa shape index (κ1) is 14.4. The molecule has 0 saturated carbocycles. The summed E-state index contributed by atoms with van der Waals surface area (Å²) in [4.78, 5) is 24.7. The summed E-state index contributed by atoms with van der Waals surface area (Å²) in [6.07, 6.45) is 1.55. The lowest BCUT2D eigenvalue weighted by molar-refractivity contribution is -0.124. The van der Waals surface area contributed by atoms with Gasteiger partial charge in [0.05, 0.1) is 18.3 Å². The third kappa shape index (κ3) is 2.89. The lowest BCUT2D eigenvalue weighted by Crippen LogP contribution is -2.28. The first-order valence-corrected chi connectivity index (χ1v) is 7.52. The fourth-order valence-electron chi connectivity index (χ4n) is 2.10. The molecule has 1 N–H and O–H groups in total. The van der Waals surface area contributed by atoms with E-state index in [4.69, 9.17) is 9.15 Å². The highest BCUT2D eigenvalue weighted by Crippen LogP contribution is 2.20. The quantitative estimate of drug-likeness (QED) is 0.733. The Hall–Kier alpha value is -2.54. The summed E-state index contributed by atoms with van der Waals surface area (Å²) in [5.41, 5.74) is 1.76. The van der Waals surface area contributed by atoms with E-state index in [1.54, 1.807) is 41.3 Å². The number of nitrogens with one attached hydrogen (secondary N) is 1. The zero-order chi connectivity index (χ0) is 15.5. The minimum Gasteiger partial charge on any atom is -0.463 e.